The van der Waals surface area contributed by atoms with Crippen molar-refractivity contribution in [2.75, 3.05) is 0 Å². The average molecular weight is 262 g/mol. The molecule has 18 heavy (non-hydrogen) atoms. The van der Waals surface area contributed by atoms with Crippen molar-refractivity contribution < 1.29 is 5.11 Å². The van der Waals surface area contributed by atoms with Crippen molar-refractivity contribution in [1.29, 1.82) is 0 Å². The smallest absolute Gasteiger partial charge is 0.0871 e. The highest BCUT2D eigenvalue weighted by molar-refractivity contribution is 6.31. The summed E-state index contributed by atoms with van der Waals surface area (Å²) < 4.78 is 0. The van der Waals surface area contributed by atoms with Crippen LogP contribution in [0.2, 0.25) is 5.02 Å². The molecule has 0 aliphatic rings. The standard InChI is InChI=1S/C15H16ClNO/c1-10-6-7-12(9-13(10)16)15(18)11(2)14-5-3-4-8-17-14/h3-9,11,15,18H,1-2H3. The molecule has 1 aromatic carbocycles. The van der Waals surface area contributed by atoms with Gasteiger partial charge >= 0.3 is 0 Å². The maximum absolute atomic E-state index is 10.4. The largest absolute Gasteiger partial charge is 0.388 e. The van der Waals surface area contributed by atoms with Crippen LogP contribution in [0.5, 0.6) is 0 Å². The van der Waals surface area contributed by atoms with Gasteiger partial charge in [0.05, 0.1) is 6.10 Å². The minimum atomic E-state index is -0.599. The Bertz CT molecular complexity index is 527. The van der Waals surface area contributed by atoms with Crippen LogP contribution in [0.4, 0.5) is 0 Å². The molecule has 2 unspecified atom stereocenters. The summed E-state index contributed by atoms with van der Waals surface area (Å²) in [7, 11) is 0. The summed E-state index contributed by atoms with van der Waals surface area (Å²) in [6, 6.07) is 11.4. The van der Waals surface area contributed by atoms with Crippen LogP contribution in [0.25, 0.3) is 0 Å². The highest BCUT2D eigenvalue weighted by Crippen LogP contribution is 2.31. The zero-order valence-corrected chi connectivity index (χ0v) is 11.2. The summed E-state index contributed by atoms with van der Waals surface area (Å²) in [5.41, 5.74) is 2.71. The quantitative estimate of drug-likeness (QED) is 0.910. The number of aromatic nitrogens is 1. The topological polar surface area (TPSA) is 33.1 Å². The van der Waals surface area contributed by atoms with E-state index in [0.29, 0.717) is 5.02 Å². The van der Waals surface area contributed by atoms with Gasteiger partial charge in [0.25, 0.3) is 0 Å². The Hall–Kier alpha value is -1.38. The van der Waals surface area contributed by atoms with Crippen molar-refractivity contribution in [3.63, 3.8) is 0 Å². The fourth-order valence-corrected chi connectivity index (χ4v) is 2.08. The maximum atomic E-state index is 10.4. The first-order chi connectivity index (χ1) is 8.59. The van der Waals surface area contributed by atoms with Crippen LogP contribution in [0, 0.1) is 6.92 Å². The Morgan fingerprint density at radius 1 is 1.22 bits per heavy atom. The maximum Gasteiger partial charge on any atom is 0.0871 e. The molecule has 2 atom stereocenters. The lowest BCUT2D eigenvalue weighted by Crippen LogP contribution is -2.09. The zero-order valence-electron chi connectivity index (χ0n) is 10.5. The summed E-state index contributed by atoms with van der Waals surface area (Å²) in [6.07, 6.45) is 1.14. The predicted molar refractivity (Wildman–Crippen MR) is 73.8 cm³/mol. The molecule has 0 bridgehead atoms. The van der Waals surface area contributed by atoms with E-state index >= 15 is 0 Å². The predicted octanol–water partition coefficient (Wildman–Crippen LogP) is 3.88. The normalized spacial score (nSPS) is 14.2. The van der Waals surface area contributed by atoms with Gasteiger partial charge in [0, 0.05) is 22.8 Å². The first-order valence-corrected chi connectivity index (χ1v) is 6.32. The van der Waals surface area contributed by atoms with Gasteiger partial charge in [-0.15, -0.1) is 0 Å². The van der Waals surface area contributed by atoms with Crippen LogP contribution in [0.1, 0.15) is 35.8 Å². The number of aliphatic hydroxyl groups excluding tert-OH is 1. The molecule has 2 nitrogen and oxygen atoms in total. The van der Waals surface area contributed by atoms with Crippen molar-refractivity contribution in [3.05, 3.63) is 64.4 Å². The lowest BCUT2D eigenvalue weighted by atomic mass is 9.93. The monoisotopic (exact) mass is 261 g/mol. The molecule has 0 aliphatic heterocycles. The number of pyridine rings is 1. The number of halogens is 1. The number of aryl methyl sites for hydroxylation is 1. The summed E-state index contributed by atoms with van der Waals surface area (Å²) in [4.78, 5) is 4.27. The van der Waals surface area contributed by atoms with Crippen molar-refractivity contribution in [1.82, 2.24) is 4.98 Å². The van der Waals surface area contributed by atoms with Crippen molar-refractivity contribution in [3.8, 4) is 0 Å². The number of hydrogen-bond acceptors (Lipinski definition) is 2. The zero-order chi connectivity index (χ0) is 13.1. The molecule has 3 heteroatoms. The second kappa shape index (κ2) is 5.51. The van der Waals surface area contributed by atoms with E-state index in [1.807, 2.05) is 50.2 Å². The van der Waals surface area contributed by atoms with Crippen molar-refractivity contribution in [2.24, 2.45) is 0 Å². The molecular weight excluding hydrogens is 246 g/mol. The highest BCUT2D eigenvalue weighted by Gasteiger charge is 2.19. The van der Waals surface area contributed by atoms with Gasteiger partial charge in [-0.1, -0.05) is 36.7 Å². The number of aliphatic hydroxyl groups is 1. The van der Waals surface area contributed by atoms with Gasteiger partial charge in [-0.3, -0.25) is 4.98 Å². The first-order valence-electron chi connectivity index (χ1n) is 5.94. The summed E-state index contributed by atoms with van der Waals surface area (Å²) >= 11 is 6.08. The molecule has 0 saturated carbocycles. The lowest BCUT2D eigenvalue weighted by Gasteiger charge is -2.19. The Morgan fingerprint density at radius 3 is 2.61 bits per heavy atom. The molecule has 1 aromatic heterocycles. The molecule has 0 amide bonds. The second-order valence-corrected chi connectivity index (χ2v) is 4.90. The minimum Gasteiger partial charge on any atom is -0.388 e. The number of benzene rings is 1. The van der Waals surface area contributed by atoms with Crippen LogP contribution < -0.4 is 0 Å². The van der Waals surface area contributed by atoms with Crippen LogP contribution in [-0.2, 0) is 0 Å². The first kappa shape index (κ1) is 13.1. The number of hydrogen-bond donors (Lipinski definition) is 1. The SMILES string of the molecule is Cc1ccc(C(O)C(C)c2ccccn2)cc1Cl. The van der Waals surface area contributed by atoms with Gasteiger partial charge in [-0.2, -0.15) is 0 Å². The van der Waals surface area contributed by atoms with Crippen molar-refractivity contribution in [2.45, 2.75) is 25.9 Å². The molecule has 0 saturated heterocycles. The Morgan fingerprint density at radius 2 is 2.00 bits per heavy atom. The third-order valence-electron chi connectivity index (χ3n) is 3.17. The Labute approximate surface area is 112 Å². The molecule has 0 fully saturated rings. The molecule has 94 valence electrons. The van der Waals surface area contributed by atoms with E-state index in [1.165, 1.54) is 0 Å². The number of nitrogens with zero attached hydrogens (tertiary/aromatic N) is 1. The van der Waals surface area contributed by atoms with Crippen LogP contribution in [0.3, 0.4) is 0 Å². The van der Waals surface area contributed by atoms with Crippen molar-refractivity contribution >= 4 is 11.6 Å². The van der Waals surface area contributed by atoms with E-state index in [9.17, 15) is 5.11 Å². The Kier molecular flexibility index (Phi) is 4.00. The fourth-order valence-electron chi connectivity index (χ4n) is 1.89. The molecule has 0 aliphatic carbocycles. The molecule has 2 rings (SSSR count). The van der Waals surface area contributed by atoms with E-state index in [2.05, 4.69) is 4.98 Å². The van der Waals surface area contributed by atoms with E-state index < -0.39 is 6.10 Å². The van der Waals surface area contributed by atoms with E-state index in [-0.39, 0.29) is 5.92 Å². The van der Waals surface area contributed by atoms with Gasteiger partial charge in [-0.25, -0.2) is 0 Å². The third-order valence-corrected chi connectivity index (χ3v) is 3.57. The van der Waals surface area contributed by atoms with Crippen LogP contribution in [-0.4, -0.2) is 10.1 Å². The average Bonchev–Trinajstić information content (AvgIpc) is 2.41. The van der Waals surface area contributed by atoms with Gasteiger partial charge in [0.15, 0.2) is 0 Å². The summed E-state index contributed by atoms with van der Waals surface area (Å²) in [5, 5.41) is 11.0. The molecule has 0 radical (unpaired) electrons. The van der Waals surface area contributed by atoms with Gasteiger partial charge in [0.2, 0.25) is 0 Å². The molecule has 0 spiro atoms. The second-order valence-electron chi connectivity index (χ2n) is 4.50. The summed E-state index contributed by atoms with van der Waals surface area (Å²) in [6.45, 7) is 3.90. The molecular formula is C15H16ClNO. The lowest BCUT2D eigenvalue weighted by molar-refractivity contribution is 0.150. The molecule has 2 aromatic rings. The van der Waals surface area contributed by atoms with Crippen LogP contribution in [0.15, 0.2) is 42.6 Å². The molecule has 1 heterocycles. The summed E-state index contributed by atoms with van der Waals surface area (Å²) in [5.74, 6) is -0.0648. The van der Waals surface area contributed by atoms with Gasteiger partial charge in [-0.05, 0) is 36.2 Å². The Balaban J connectivity index is 2.25. The molecule has 1 N–H and O–H groups in total. The van der Waals surface area contributed by atoms with E-state index in [1.54, 1.807) is 6.20 Å². The van der Waals surface area contributed by atoms with Gasteiger partial charge < -0.3 is 5.11 Å². The highest BCUT2D eigenvalue weighted by atomic mass is 35.5. The minimum absolute atomic E-state index is 0.0648. The van der Waals surface area contributed by atoms with E-state index in [4.69, 9.17) is 11.6 Å². The fraction of sp³-hybridized carbons (Fsp3) is 0.267. The van der Waals surface area contributed by atoms with Crippen LogP contribution >= 0.6 is 11.6 Å². The van der Waals surface area contributed by atoms with Gasteiger partial charge in [0.1, 0.15) is 0 Å². The third kappa shape index (κ3) is 2.71. The number of rotatable bonds is 3. The van der Waals surface area contributed by atoms with E-state index in [0.717, 1.165) is 16.8 Å².